The number of halogens is 1. The van der Waals surface area contributed by atoms with Gasteiger partial charge in [-0.3, -0.25) is 20.2 Å². The third-order valence-electron chi connectivity index (χ3n) is 3.08. The van der Waals surface area contributed by atoms with Gasteiger partial charge in [-0.15, -0.1) is 5.11 Å². The Labute approximate surface area is 135 Å². The van der Waals surface area contributed by atoms with Gasteiger partial charge in [-0.1, -0.05) is 0 Å². The minimum Gasteiger partial charge on any atom is -0.378 e. The molecule has 0 spiro atoms. The van der Waals surface area contributed by atoms with Crippen molar-refractivity contribution in [1.29, 1.82) is 0 Å². The first-order chi connectivity index (χ1) is 11.3. The van der Waals surface area contributed by atoms with E-state index in [4.69, 9.17) is 0 Å². The van der Waals surface area contributed by atoms with Gasteiger partial charge < -0.3 is 4.90 Å². The Hall–Kier alpha value is -3.43. The maximum absolute atomic E-state index is 13.6. The van der Waals surface area contributed by atoms with E-state index in [1.807, 2.05) is 19.0 Å². The smallest absolute Gasteiger partial charge is 0.311 e. The van der Waals surface area contributed by atoms with Crippen molar-refractivity contribution in [1.82, 2.24) is 0 Å². The molecular weight excluding hydrogens is 321 g/mol. The molecule has 0 unspecified atom stereocenters. The largest absolute Gasteiger partial charge is 0.378 e. The molecule has 0 atom stereocenters. The third-order valence-corrected chi connectivity index (χ3v) is 3.08. The molecule has 9 nitrogen and oxygen atoms in total. The van der Waals surface area contributed by atoms with Gasteiger partial charge in [0, 0.05) is 25.8 Å². The molecule has 0 aromatic heterocycles. The highest BCUT2D eigenvalue weighted by Crippen LogP contribution is 2.34. The van der Waals surface area contributed by atoms with E-state index in [0.717, 1.165) is 5.69 Å². The fraction of sp³-hybridized carbons (Fsp3) is 0.143. The lowest BCUT2D eigenvalue weighted by Gasteiger charge is -2.11. The minimum atomic E-state index is -1.22. The van der Waals surface area contributed by atoms with Crippen LogP contribution in [-0.2, 0) is 0 Å². The minimum absolute atomic E-state index is 0.397. The number of rotatable bonds is 5. The lowest BCUT2D eigenvalue weighted by Crippen LogP contribution is -2.07. The molecule has 0 saturated carbocycles. The second-order valence-corrected chi connectivity index (χ2v) is 4.92. The Morgan fingerprint density at radius 1 is 0.958 bits per heavy atom. The van der Waals surface area contributed by atoms with Gasteiger partial charge in [0.2, 0.25) is 5.82 Å². The highest BCUT2D eigenvalue weighted by atomic mass is 19.1. The molecule has 0 fully saturated rings. The van der Waals surface area contributed by atoms with Crippen LogP contribution in [0.5, 0.6) is 0 Å². The number of benzene rings is 2. The van der Waals surface area contributed by atoms with Crippen molar-refractivity contribution >= 4 is 28.4 Å². The molecule has 2 aromatic carbocycles. The number of hydrogen-bond acceptors (Lipinski definition) is 7. The lowest BCUT2D eigenvalue weighted by molar-refractivity contribution is -0.395. The summed E-state index contributed by atoms with van der Waals surface area (Å²) >= 11 is 0. The first-order valence-corrected chi connectivity index (χ1v) is 6.61. The molecule has 0 bridgehead atoms. The molecule has 0 aliphatic carbocycles. The number of hydrogen-bond donors (Lipinski definition) is 0. The predicted octanol–water partition coefficient (Wildman–Crippen LogP) is 4.12. The van der Waals surface area contributed by atoms with Gasteiger partial charge in [-0.05, 0) is 24.3 Å². The Kier molecular flexibility index (Phi) is 4.78. The van der Waals surface area contributed by atoms with Crippen molar-refractivity contribution in [2.45, 2.75) is 0 Å². The summed E-state index contributed by atoms with van der Waals surface area (Å²) in [7, 11) is 3.72. The summed E-state index contributed by atoms with van der Waals surface area (Å²) in [5, 5.41) is 29.1. The van der Waals surface area contributed by atoms with Crippen molar-refractivity contribution in [3.63, 3.8) is 0 Å². The highest BCUT2D eigenvalue weighted by molar-refractivity contribution is 5.62. The van der Waals surface area contributed by atoms with Crippen LogP contribution in [0.4, 0.5) is 32.8 Å². The monoisotopic (exact) mass is 333 g/mol. The molecular formula is C14H12FN5O4. The van der Waals surface area contributed by atoms with Crippen LogP contribution < -0.4 is 4.90 Å². The Morgan fingerprint density at radius 2 is 1.54 bits per heavy atom. The molecule has 0 saturated heterocycles. The summed E-state index contributed by atoms with van der Waals surface area (Å²) in [4.78, 5) is 21.6. The SMILES string of the molecule is CN(C)c1ccc(N=Nc2cc(F)c([N+](=O)[O-])cc2[N+](=O)[O-])cc1. The molecule has 24 heavy (non-hydrogen) atoms. The fourth-order valence-electron chi connectivity index (χ4n) is 1.84. The molecule has 124 valence electrons. The zero-order valence-electron chi connectivity index (χ0n) is 12.7. The molecule has 0 aliphatic heterocycles. The Morgan fingerprint density at radius 3 is 2.04 bits per heavy atom. The van der Waals surface area contributed by atoms with Crippen LogP contribution in [0.3, 0.4) is 0 Å². The van der Waals surface area contributed by atoms with Gasteiger partial charge in [-0.25, -0.2) is 0 Å². The molecule has 10 heteroatoms. The fourth-order valence-corrected chi connectivity index (χ4v) is 1.84. The zero-order valence-corrected chi connectivity index (χ0v) is 12.7. The van der Waals surface area contributed by atoms with Gasteiger partial charge in [0.15, 0.2) is 5.69 Å². The molecule has 2 rings (SSSR count). The van der Waals surface area contributed by atoms with E-state index in [0.29, 0.717) is 17.8 Å². The molecule has 0 heterocycles. The van der Waals surface area contributed by atoms with E-state index in [-0.39, 0.29) is 0 Å². The van der Waals surface area contributed by atoms with Gasteiger partial charge in [-0.2, -0.15) is 9.50 Å². The van der Waals surface area contributed by atoms with E-state index in [1.54, 1.807) is 24.3 Å². The number of anilines is 1. The summed E-state index contributed by atoms with van der Waals surface area (Å²) in [5.74, 6) is -1.22. The van der Waals surface area contributed by atoms with Crippen LogP contribution in [0.15, 0.2) is 46.6 Å². The first kappa shape index (κ1) is 16.9. The summed E-state index contributed by atoms with van der Waals surface area (Å²) in [6, 6.07) is 7.93. The summed E-state index contributed by atoms with van der Waals surface area (Å²) in [5.41, 5.74) is -0.775. The van der Waals surface area contributed by atoms with Crippen molar-refractivity contribution in [2.24, 2.45) is 10.2 Å². The standard InChI is InChI=1S/C14H12FN5O4/c1-18(2)10-5-3-9(4-6-10)16-17-12-7-11(15)13(19(21)22)8-14(12)20(23)24/h3-8H,1-2H3. The Balaban J connectivity index is 2.39. The van der Waals surface area contributed by atoms with Crippen LogP contribution in [0.2, 0.25) is 0 Å². The van der Waals surface area contributed by atoms with Gasteiger partial charge in [0.25, 0.3) is 0 Å². The maximum atomic E-state index is 13.6. The number of nitro benzene ring substituents is 2. The number of nitro groups is 2. The molecule has 0 N–H and O–H groups in total. The van der Waals surface area contributed by atoms with Crippen LogP contribution in [0.1, 0.15) is 0 Å². The van der Waals surface area contributed by atoms with Crippen molar-refractivity contribution in [2.75, 3.05) is 19.0 Å². The normalized spacial score (nSPS) is 10.8. The average molecular weight is 333 g/mol. The van der Waals surface area contributed by atoms with Crippen molar-refractivity contribution in [3.8, 4) is 0 Å². The van der Waals surface area contributed by atoms with E-state index < -0.39 is 32.7 Å². The second-order valence-electron chi connectivity index (χ2n) is 4.92. The molecule has 0 amide bonds. The Bertz CT molecular complexity index is 821. The van der Waals surface area contributed by atoms with E-state index >= 15 is 0 Å². The van der Waals surface area contributed by atoms with Gasteiger partial charge in [0.1, 0.15) is 0 Å². The van der Waals surface area contributed by atoms with E-state index in [2.05, 4.69) is 10.2 Å². The summed E-state index contributed by atoms with van der Waals surface area (Å²) in [6.07, 6.45) is 0. The van der Waals surface area contributed by atoms with Crippen molar-refractivity contribution in [3.05, 3.63) is 62.4 Å². The molecule has 2 aromatic rings. The second kappa shape index (κ2) is 6.77. The van der Waals surface area contributed by atoms with Crippen LogP contribution in [-0.4, -0.2) is 23.9 Å². The van der Waals surface area contributed by atoms with Gasteiger partial charge in [0.05, 0.1) is 21.6 Å². The summed E-state index contributed by atoms with van der Waals surface area (Å²) < 4.78 is 13.6. The maximum Gasteiger partial charge on any atom is 0.311 e. The van der Waals surface area contributed by atoms with Crippen LogP contribution in [0, 0.1) is 26.0 Å². The van der Waals surface area contributed by atoms with E-state index in [9.17, 15) is 24.6 Å². The number of azo groups is 1. The average Bonchev–Trinajstić information content (AvgIpc) is 2.52. The van der Waals surface area contributed by atoms with Crippen molar-refractivity contribution < 1.29 is 14.2 Å². The van der Waals surface area contributed by atoms with Crippen LogP contribution in [0.25, 0.3) is 0 Å². The lowest BCUT2D eigenvalue weighted by atomic mass is 10.2. The predicted molar refractivity (Wildman–Crippen MR) is 84.7 cm³/mol. The number of nitrogens with zero attached hydrogens (tertiary/aromatic N) is 5. The van der Waals surface area contributed by atoms with E-state index in [1.165, 1.54) is 0 Å². The quantitative estimate of drug-likeness (QED) is 0.463. The summed E-state index contributed by atoms with van der Waals surface area (Å²) in [6.45, 7) is 0. The van der Waals surface area contributed by atoms with Crippen LogP contribution >= 0.6 is 0 Å². The highest BCUT2D eigenvalue weighted by Gasteiger charge is 2.24. The molecule has 0 aliphatic rings. The van der Waals surface area contributed by atoms with Gasteiger partial charge >= 0.3 is 11.4 Å². The molecule has 0 radical (unpaired) electrons. The zero-order chi connectivity index (χ0) is 17.9. The third kappa shape index (κ3) is 3.66. The topological polar surface area (TPSA) is 114 Å². The first-order valence-electron chi connectivity index (χ1n) is 6.61.